The van der Waals surface area contributed by atoms with Crippen LogP contribution in [0.1, 0.15) is 0 Å². The molecule has 0 aliphatic carbocycles. The molecule has 0 N–H and O–H groups in total. The Morgan fingerprint density at radius 1 is 0.743 bits per heavy atom. The fourth-order valence-corrected chi connectivity index (χ4v) is 4.34. The Kier molecular flexibility index (Phi) is 5.62. The summed E-state index contributed by atoms with van der Waals surface area (Å²) in [6.07, 6.45) is 0. The van der Waals surface area contributed by atoms with Crippen molar-refractivity contribution in [1.29, 1.82) is 0 Å². The van der Waals surface area contributed by atoms with Crippen LogP contribution in [0.5, 0.6) is 0 Å². The number of pyridine rings is 1. The van der Waals surface area contributed by atoms with Gasteiger partial charge in [-0.25, -0.2) is 13.9 Å². The first-order chi connectivity index (χ1) is 16.9. The van der Waals surface area contributed by atoms with E-state index in [0.29, 0.717) is 22.1 Å². The summed E-state index contributed by atoms with van der Waals surface area (Å²) in [6.45, 7) is 0. The van der Waals surface area contributed by atoms with Gasteiger partial charge in [0.2, 0.25) is 0 Å². The number of aryl methyl sites for hydroxylation is 1. The molecular weight excluding hydrogens is 464 g/mol. The van der Waals surface area contributed by atoms with Gasteiger partial charge in [-0.15, -0.1) is 0 Å². The lowest BCUT2D eigenvalue weighted by molar-refractivity contribution is 0.782. The van der Waals surface area contributed by atoms with Gasteiger partial charge >= 0.3 is 5.69 Å². The second kappa shape index (κ2) is 8.77. The number of benzene rings is 3. The third-order valence-corrected chi connectivity index (χ3v) is 6.26. The number of rotatable bonds is 4. The third kappa shape index (κ3) is 3.76. The second-order valence-corrected chi connectivity index (χ2v) is 8.53. The highest BCUT2D eigenvalue weighted by atomic mass is 35.5. The molecule has 35 heavy (non-hydrogen) atoms. The summed E-state index contributed by atoms with van der Waals surface area (Å²) in [5, 5.41) is 0.803. The van der Waals surface area contributed by atoms with E-state index in [9.17, 15) is 14.4 Å². The summed E-state index contributed by atoms with van der Waals surface area (Å²) in [5.74, 6) is 0. The summed E-state index contributed by atoms with van der Waals surface area (Å²) in [6, 6.07) is 26.2. The van der Waals surface area contributed by atoms with E-state index in [1.165, 1.54) is 15.2 Å². The van der Waals surface area contributed by atoms with Gasteiger partial charge in [-0.05, 0) is 48.5 Å². The average molecular weight is 485 g/mol. The molecule has 0 amide bonds. The summed E-state index contributed by atoms with van der Waals surface area (Å²) in [7, 11) is 3.32. The molecule has 0 spiro atoms. The van der Waals surface area contributed by atoms with Crippen molar-refractivity contribution in [1.82, 2.24) is 13.7 Å². The lowest BCUT2D eigenvalue weighted by Gasteiger charge is -2.24. The van der Waals surface area contributed by atoms with Gasteiger partial charge in [0.25, 0.3) is 11.1 Å². The Bertz CT molecular complexity index is 1720. The van der Waals surface area contributed by atoms with Crippen LogP contribution in [-0.2, 0) is 7.05 Å². The number of fused-ring (bicyclic) bond motifs is 1. The lowest BCUT2D eigenvalue weighted by atomic mass is 10.2. The van der Waals surface area contributed by atoms with Crippen LogP contribution in [0, 0.1) is 0 Å². The zero-order valence-electron chi connectivity index (χ0n) is 19.1. The molecular formula is C27H21ClN4O3. The topological polar surface area (TPSA) is 69.2 Å². The maximum atomic E-state index is 14.0. The van der Waals surface area contributed by atoms with Crippen molar-refractivity contribution in [3.05, 3.63) is 127 Å². The molecule has 0 radical (unpaired) electrons. The highest BCUT2D eigenvalue weighted by Gasteiger charge is 2.23. The van der Waals surface area contributed by atoms with E-state index in [-0.39, 0.29) is 16.6 Å². The van der Waals surface area contributed by atoms with Crippen LogP contribution >= 0.6 is 11.6 Å². The molecule has 2 heterocycles. The van der Waals surface area contributed by atoms with Gasteiger partial charge in [0.1, 0.15) is 11.0 Å². The molecule has 5 aromatic rings. The van der Waals surface area contributed by atoms with Crippen LogP contribution in [0.4, 0.5) is 11.4 Å². The number of halogens is 1. The smallest absolute Gasteiger partial charge is 0.341 e. The van der Waals surface area contributed by atoms with Gasteiger partial charge in [-0.2, -0.15) is 0 Å². The Labute approximate surface area is 205 Å². The number of para-hydroxylation sites is 2. The second-order valence-electron chi connectivity index (χ2n) is 8.09. The fourth-order valence-electron chi connectivity index (χ4n) is 4.21. The number of aromatic nitrogens is 3. The number of hydrogen-bond acceptors (Lipinski definition) is 4. The van der Waals surface area contributed by atoms with E-state index < -0.39 is 11.2 Å². The van der Waals surface area contributed by atoms with Crippen LogP contribution in [0.15, 0.2) is 105 Å². The maximum Gasteiger partial charge on any atom is 0.341 e. The lowest BCUT2D eigenvalue weighted by Crippen LogP contribution is -2.41. The molecule has 2 aromatic heterocycles. The van der Waals surface area contributed by atoms with E-state index in [1.807, 2.05) is 12.1 Å². The first kappa shape index (κ1) is 22.4. The normalized spacial score (nSPS) is 11.1. The molecule has 0 aliphatic rings. The molecule has 0 saturated carbocycles. The number of nitrogens with zero attached hydrogens (tertiary/aromatic N) is 4. The Hall–Kier alpha value is -4.36. The minimum absolute atomic E-state index is 0.210. The molecule has 7 nitrogen and oxygen atoms in total. The van der Waals surface area contributed by atoms with Gasteiger partial charge in [-0.1, -0.05) is 48.0 Å². The van der Waals surface area contributed by atoms with E-state index in [2.05, 4.69) is 0 Å². The third-order valence-electron chi connectivity index (χ3n) is 6.00. The van der Waals surface area contributed by atoms with Crippen molar-refractivity contribution < 1.29 is 0 Å². The van der Waals surface area contributed by atoms with Crippen molar-refractivity contribution in [3.63, 3.8) is 0 Å². The quantitative estimate of drug-likeness (QED) is 0.382. The Balaban J connectivity index is 1.99. The van der Waals surface area contributed by atoms with Crippen molar-refractivity contribution in [2.45, 2.75) is 0 Å². The van der Waals surface area contributed by atoms with E-state index in [0.717, 1.165) is 10.3 Å². The Morgan fingerprint density at radius 3 is 1.86 bits per heavy atom. The van der Waals surface area contributed by atoms with Crippen molar-refractivity contribution >= 4 is 34.0 Å². The summed E-state index contributed by atoms with van der Waals surface area (Å²) in [5.41, 5.74) is 0.848. The number of anilines is 2. The number of hydrogen-bond donors (Lipinski definition) is 0. The molecule has 8 heteroatoms. The van der Waals surface area contributed by atoms with Crippen LogP contribution in [0.3, 0.4) is 0 Å². The van der Waals surface area contributed by atoms with Gasteiger partial charge in [0, 0.05) is 30.9 Å². The molecule has 0 aliphatic heterocycles. The van der Waals surface area contributed by atoms with Crippen molar-refractivity contribution in [2.75, 3.05) is 11.9 Å². The van der Waals surface area contributed by atoms with Crippen molar-refractivity contribution in [2.24, 2.45) is 7.05 Å². The zero-order chi connectivity index (χ0) is 24.7. The van der Waals surface area contributed by atoms with Crippen LogP contribution in [0.2, 0.25) is 5.02 Å². The van der Waals surface area contributed by atoms with Gasteiger partial charge < -0.3 is 4.90 Å². The SMILES string of the molecule is CN(c1ccc(Cl)cc1)c1cc(=O)n(C)c2c1c(=O)n(-c1ccccc1)c(=O)n2-c1ccccc1. The maximum absolute atomic E-state index is 14.0. The van der Waals surface area contributed by atoms with Gasteiger partial charge in [0.15, 0.2) is 0 Å². The minimum atomic E-state index is -0.568. The monoisotopic (exact) mass is 484 g/mol. The average Bonchev–Trinajstić information content (AvgIpc) is 2.87. The van der Waals surface area contributed by atoms with Crippen LogP contribution < -0.4 is 21.7 Å². The molecule has 5 rings (SSSR count). The molecule has 0 atom stereocenters. The fraction of sp³-hybridized carbons (Fsp3) is 0.0741. The summed E-state index contributed by atoms with van der Waals surface area (Å²) < 4.78 is 3.88. The molecule has 174 valence electrons. The standard InChI is InChI=1S/C27H21ClN4O3/c1-29(19-15-13-18(28)14-16-19)22-17-23(33)30(2)25-24(22)26(34)32(21-11-7-4-8-12-21)27(35)31(25)20-9-5-3-6-10-20/h3-17H,1-2H3. The predicted molar refractivity (Wildman–Crippen MR) is 140 cm³/mol. The molecule has 0 bridgehead atoms. The van der Waals surface area contributed by atoms with Gasteiger partial charge in [-0.3, -0.25) is 14.2 Å². The summed E-state index contributed by atoms with van der Waals surface area (Å²) >= 11 is 6.06. The highest BCUT2D eigenvalue weighted by molar-refractivity contribution is 6.30. The zero-order valence-corrected chi connectivity index (χ0v) is 19.8. The molecule has 3 aromatic carbocycles. The van der Waals surface area contributed by atoms with Gasteiger partial charge in [0.05, 0.1) is 17.1 Å². The Morgan fingerprint density at radius 2 is 1.29 bits per heavy atom. The highest BCUT2D eigenvalue weighted by Crippen LogP contribution is 2.29. The first-order valence-corrected chi connectivity index (χ1v) is 11.3. The minimum Gasteiger partial charge on any atom is -0.344 e. The van der Waals surface area contributed by atoms with E-state index in [4.69, 9.17) is 11.6 Å². The summed E-state index contributed by atoms with van der Waals surface area (Å²) in [4.78, 5) is 42.7. The first-order valence-electron chi connectivity index (χ1n) is 10.9. The molecule has 0 saturated heterocycles. The van der Waals surface area contributed by atoms with Crippen molar-refractivity contribution in [3.8, 4) is 11.4 Å². The van der Waals surface area contributed by atoms with E-state index in [1.54, 1.807) is 91.8 Å². The van der Waals surface area contributed by atoms with Crippen LogP contribution in [0.25, 0.3) is 22.4 Å². The van der Waals surface area contributed by atoms with Crippen LogP contribution in [-0.4, -0.2) is 20.7 Å². The molecule has 0 fully saturated rings. The predicted octanol–water partition coefficient (Wildman–Crippen LogP) is 4.26. The largest absolute Gasteiger partial charge is 0.344 e. The van der Waals surface area contributed by atoms with E-state index >= 15 is 0 Å². The molecule has 0 unspecified atom stereocenters.